The number of halogens is 1. The van der Waals surface area contributed by atoms with Crippen molar-refractivity contribution in [1.29, 1.82) is 0 Å². The first-order valence-electron chi connectivity index (χ1n) is 8.05. The molecule has 1 aliphatic rings. The Morgan fingerprint density at radius 2 is 2.17 bits per heavy atom. The molecule has 0 aromatic carbocycles. The first-order valence-corrected chi connectivity index (χ1v) is 8.05. The van der Waals surface area contributed by atoms with Gasteiger partial charge in [-0.2, -0.15) is 0 Å². The predicted molar refractivity (Wildman–Crippen MR) is 87.5 cm³/mol. The molecule has 0 spiro atoms. The molecule has 5 nitrogen and oxygen atoms in total. The number of aryl methyl sites for hydroxylation is 2. The van der Waals surface area contributed by atoms with Gasteiger partial charge in [0.05, 0.1) is 6.54 Å². The number of ether oxygens (including phenoxy) is 1. The molecule has 24 heavy (non-hydrogen) atoms. The number of pyridine rings is 2. The van der Waals surface area contributed by atoms with Crippen LogP contribution in [-0.4, -0.2) is 40.0 Å². The minimum Gasteiger partial charge on any atom is -0.470 e. The Hall–Kier alpha value is -2.50. The number of hydrogen-bond acceptors (Lipinski definition) is 4. The van der Waals surface area contributed by atoms with E-state index in [1.54, 1.807) is 11.0 Å². The summed E-state index contributed by atoms with van der Waals surface area (Å²) >= 11 is 0. The molecule has 1 saturated heterocycles. The van der Waals surface area contributed by atoms with Crippen molar-refractivity contribution >= 4 is 5.91 Å². The molecule has 1 unspecified atom stereocenters. The summed E-state index contributed by atoms with van der Waals surface area (Å²) in [4.78, 5) is 22.6. The molecule has 2 aromatic heterocycles. The lowest BCUT2D eigenvalue weighted by atomic mass is 10.1. The number of aromatic nitrogens is 2. The number of amides is 1. The Morgan fingerprint density at radius 3 is 2.92 bits per heavy atom. The predicted octanol–water partition coefficient (Wildman–Crippen LogP) is 2.92. The molecular formula is C18H20FN3O2. The van der Waals surface area contributed by atoms with Gasteiger partial charge in [0.1, 0.15) is 11.8 Å². The fourth-order valence-corrected chi connectivity index (χ4v) is 2.75. The molecule has 1 aliphatic heterocycles. The van der Waals surface area contributed by atoms with Gasteiger partial charge in [0.15, 0.2) is 5.82 Å². The van der Waals surface area contributed by atoms with Crippen LogP contribution >= 0.6 is 0 Å². The average Bonchev–Trinajstić information content (AvgIpc) is 2.59. The summed E-state index contributed by atoms with van der Waals surface area (Å²) in [5.41, 5.74) is 2.33. The van der Waals surface area contributed by atoms with Crippen molar-refractivity contribution in [2.24, 2.45) is 0 Å². The van der Waals surface area contributed by atoms with Crippen molar-refractivity contribution in [2.45, 2.75) is 32.8 Å². The maximum absolute atomic E-state index is 13.7. The zero-order valence-electron chi connectivity index (χ0n) is 13.8. The largest absolute Gasteiger partial charge is 0.470 e. The third-order valence-corrected chi connectivity index (χ3v) is 4.24. The summed E-state index contributed by atoms with van der Waals surface area (Å²) < 4.78 is 19.3. The first-order chi connectivity index (χ1) is 11.5. The molecule has 0 aliphatic carbocycles. The molecule has 1 amide bonds. The number of hydrogen-bond donors (Lipinski definition) is 0. The van der Waals surface area contributed by atoms with Gasteiger partial charge >= 0.3 is 0 Å². The monoisotopic (exact) mass is 329 g/mol. The zero-order chi connectivity index (χ0) is 17.1. The molecule has 2 aromatic rings. The van der Waals surface area contributed by atoms with Gasteiger partial charge < -0.3 is 9.64 Å². The van der Waals surface area contributed by atoms with Crippen LogP contribution in [0.4, 0.5) is 4.39 Å². The van der Waals surface area contributed by atoms with Gasteiger partial charge in [-0.25, -0.2) is 14.4 Å². The average molecular weight is 329 g/mol. The minimum absolute atomic E-state index is 0.0129. The van der Waals surface area contributed by atoms with E-state index in [-0.39, 0.29) is 17.9 Å². The van der Waals surface area contributed by atoms with Crippen LogP contribution < -0.4 is 4.74 Å². The summed E-state index contributed by atoms with van der Waals surface area (Å²) in [6.07, 6.45) is 2.79. The lowest BCUT2D eigenvalue weighted by Gasteiger charge is -2.32. The van der Waals surface area contributed by atoms with Crippen LogP contribution in [0.15, 0.2) is 30.5 Å². The second-order valence-electron chi connectivity index (χ2n) is 6.02. The molecule has 1 atom stereocenters. The Bertz CT molecular complexity index is 751. The molecule has 3 heterocycles. The fraction of sp³-hybridized carbons (Fsp3) is 0.389. The molecule has 0 N–H and O–H groups in total. The van der Waals surface area contributed by atoms with Crippen LogP contribution in [0.3, 0.4) is 0 Å². The van der Waals surface area contributed by atoms with E-state index in [1.807, 2.05) is 19.9 Å². The second kappa shape index (κ2) is 6.95. The molecular weight excluding hydrogens is 309 g/mol. The Labute approximate surface area is 140 Å². The van der Waals surface area contributed by atoms with Crippen molar-refractivity contribution in [3.05, 3.63) is 53.2 Å². The molecule has 1 fully saturated rings. The van der Waals surface area contributed by atoms with Crippen molar-refractivity contribution in [2.75, 3.05) is 13.1 Å². The number of carbonyl (C=O) groups excluding carboxylic acids is 1. The fourth-order valence-electron chi connectivity index (χ4n) is 2.75. The van der Waals surface area contributed by atoms with Gasteiger partial charge in [0, 0.05) is 18.4 Å². The van der Waals surface area contributed by atoms with Crippen LogP contribution in [0.1, 0.15) is 34.6 Å². The summed E-state index contributed by atoms with van der Waals surface area (Å²) in [7, 11) is 0. The molecule has 3 rings (SSSR count). The van der Waals surface area contributed by atoms with Crippen LogP contribution in [-0.2, 0) is 0 Å². The molecule has 0 bridgehead atoms. The van der Waals surface area contributed by atoms with Crippen molar-refractivity contribution < 1.29 is 13.9 Å². The highest BCUT2D eigenvalue weighted by atomic mass is 19.1. The summed E-state index contributed by atoms with van der Waals surface area (Å²) in [6.45, 7) is 4.91. The number of likely N-dealkylation sites (tertiary alicyclic amines) is 1. The summed E-state index contributed by atoms with van der Waals surface area (Å²) in [6, 6.07) is 6.47. The van der Waals surface area contributed by atoms with Crippen LogP contribution in [0.2, 0.25) is 0 Å². The van der Waals surface area contributed by atoms with Gasteiger partial charge in [0.2, 0.25) is 0 Å². The number of rotatable bonds is 3. The van der Waals surface area contributed by atoms with Crippen molar-refractivity contribution in [3.8, 4) is 5.88 Å². The highest BCUT2D eigenvalue weighted by Gasteiger charge is 2.27. The second-order valence-corrected chi connectivity index (χ2v) is 6.02. The third kappa shape index (κ3) is 3.53. The lowest BCUT2D eigenvalue weighted by molar-refractivity contribution is 0.0513. The lowest BCUT2D eigenvalue weighted by Crippen LogP contribution is -2.44. The van der Waals surface area contributed by atoms with E-state index in [0.29, 0.717) is 18.8 Å². The van der Waals surface area contributed by atoms with Crippen LogP contribution in [0.25, 0.3) is 0 Å². The van der Waals surface area contributed by atoms with E-state index >= 15 is 0 Å². The number of carbonyl (C=O) groups is 1. The Morgan fingerprint density at radius 1 is 1.33 bits per heavy atom. The van der Waals surface area contributed by atoms with E-state index in [2.05, 4.69) is 9.97 Å². The van der Waals surface area contributed by atoms with Crippen molar-refractivity contribution in [3.63, 3.8) is 0 Å². The Balaban J connectivity index is 1.69. The quantitative estimate of drug-likeness (QED) is 0.869. The van der Waals surface area contributed by atoms with E-state index < -0.39 is 5.82 Å². The maximum Gasteiger partial charge on any atom is 0.272 e. The molecule has 126 valence electrons. The number of nitrogens with zero attached hydrogens (tertiary/aromatic N) is 3. The first kappa shape index (κ1) is 16.4. The molecule has 0 saturated carbocycles. The summed E-state index contributed by atoms with van der Waals surface area (Å²) in [5.74, 6) is -0.620. The van der Waals surface area contributed by atoms with Crippen LogP contribution in [0.5, 0.6) is 5.88 Å². The maximum atomic E-state index is 13.7. The normalized spacial score (nSPS) is 17.6. The van der Waals surface area contributed by atoms with Gasteiger partial charge in [0.25, 0.3) is 11.8 Å². The Kier molecular flexibility index (Phi) is 4.74. The van der Waals surface area contributed by atoms with Gasteiger partial charge in [-0.05, 0) is 50.5 Å². The van der Waals surface area contributed by atoms with Crippen LogP contribution in [0, 0.1) is 19.7 Å². The van der Waals surface area contributed by atoms with E-state index in [0.717, 1.165) is 24.1 Å². The van der Waals surface area contributed by atoms with Gasteiger partial charge in [-0.3, -0.25) is 4.79 Å². The van der Waals surface area contributed by atoms with E-state index in [9.17, 15) is 9.18 Å². The smallest absolute Gasteiger partial charge is 0.272 e. The highest BCUT2D eigenvalue weighted by Crippen LogP contribution is 2.20. The van der Waals surface area contributed by atoms with Gasteiger partial charge in [-0.1, -0.05) is 6.07 Å². The summed E-state index contributed by atoms with van der Waals surface area (Å²) in [5, 5.41) is 0. The highest BCUT2D eigenvalue weighted by molar-refractivity contribution is 5.92. The molecule has 6 heteroatoms. The minimum atomic E-state index is -0.489. The zero-order valence-corrected chi connectivity index (χ0v) is 13.8. The van der Waals surface area contributed by atoms with Gasteiger partial charge in [-0.15, -0.1) is 0 Å². The topological polar surface area (TPSA) is 55.3 Å². The third-order valence-electron chi connectivity index (χ3n) is 4.24. The van der Waals surface area contributed by atoms with E-state index in [1.165, 1.54) is 18.3 Å². The standard InChI is InChI=1S/C18H20FN3O2/c1-12-7-8-16(21-13(12)2)18(23)22-10-4-5-14(11-22)24-17-15(19)6-3-9-20-17/h3,6-9,14H,4-5,10-11H2,1-2H3. The molecule has 0 radical (unpaired) electrons. The van der Waals surface area contributed by atoms with E-state index in [4.69, 9.17) is 4.74 Å². The SMILES string of the molecule is Cc1ccc(C(=O)N2CCCC(Oc3ncccc3F)C2)nc1C. The van der Waals surface area contributed by atoms with Crippen molar-refractivity contribution in [1.82, 2.24) is 14.9 Å². The number of piperidine rings is 1.